The Bertz CT molecular complexity index is 205. The number of nitrogens with one attached hydrogen (secondary N) is 1. The van der Waals surface area contributed by atoms with Gasteiger partial charge in [-0.25, -0.2) is 0 Å². The first kappa shape index (κ1) is 11.4. The van der Waals surface area contributed by atoms with Gasteiger partial charge in [-0.05, 0) is 26.7 Å². The van der Waals surface area contributed by atoms with Gasteiger partial charge in [0.2, 0.25) is 0 Å². The molecule has 0 amide bonds. The van der Waals surface area contributed by atoms with E-state index in [1.54, 1.807) is 0 Å². The maximum absolute atomic E-state index is 6.38. The van der Waals surface area contributed by atoms with Crippen molar-refractivity contribution in [2.45, 2.75) is 70.0 Å². The largest absolute Gasteiger partial charge is 0.366 e. The highest BCUT2D eigenvalue weighted by Gasteiger charge is 2.40. The summed E-state index contributed by atoms with van der Waals surface area (Å²) in [6.07, 6.45) is 9.41. The number of hydrogen-bond donors (Lipinski definition) is 1. The van der Waals surface area contributed by atoms with Crippen LogP contribution in [0, 0.1) is 0 Å². The van der Waals surface area contributed by atoms with E-state index in [9.17, 15) is 0 Å². The first-order valence-corrected chi connectivity index (χ1v) is 6.53. The number of morpholine rings is 1. The Morgan fingerprint density at radius 1 is 0.867 bits per heavy atom. The predicted octanol–water partition coefficient (Wildman–Crippen LogP) is 2.87. The van der Waals surface area contributed by atoms with Crippen LogP contribution < -0.4 is 5.32 Å². The topological polar surface area (TPSA) is 21.3 Å². The van der Waals surface area contributed by atoms with Crippen LogP contribution in [-0.4, -0.2) is 24.3 Å². The summed E-state index contributed by atoms with van der Waals surface area (Å²) in [7, 11) is 0. The smallest absolute Gasteiger partial charge is 0.0814 e. The third-order valence-electron chi connectivity index (χ3n) is 3.76. The lowest BCUT2D eigenvalue weighted by atomic mass is 9.84. The normalized spacial score (nSPS) is 30.8. The first-order valence-electron chi connectivity index (χ1n) is 6.53. The molecule has 88 valence electrons. The molecule has 2 aliphatic rings. The van der Waals surface area contributed by atoms with Gasteiger partial charge in [0.25, 0.3) is 0 Å². The second kappa shape index (κ2) is 4.42. The van der Waals surface area contributed by atoms with Crippen molar-refractivity contribution in [3.8, 4) is 0 Å². The van der Waals surface area contributed by atoms with E-state index in [4.69, 9.17) is 4.74 Å². The fourth-order valence-corrected chi connectivity index (χ4v) is 3.08. The van der Waals surface area contributed by atoms with E-state index in [-0.39, 0.29) is 11.2 Å². The van der Waals surface area contributed by atoms with Gasteiger partial charge in [0, 0.05) is 13.1 Å². The van der Waals surface area contributed by atoms with Gasteiger partial charge in [-0.2, -0.15) is 0 Å². The minimum Gasteiger partial charge on any atom is -0.366 e. The zero-order valence-electron chi connectivity index (χ0n) is 10.3. The van der Waals surface area contributed by atoms with Gasteiger partial charge in [-0.1, -0.05) is 32.1 Å². The lowest BCUT2D eigenvalue weighted by molar-refractivity contribution is -0.171. The fourth-order valence-electron chi connectivity index (χ4n) is 3.08. The highest BCUT2D eigenvalue weighted by molar-refractivity contribution is 4.93. The SMILES string of the molecule is CC1(C)CNCC2(CCCCCCC2)O1. The Morgan fingerprint density at radius 3 is 2.07 bits per heavy atom. The monoisotopic (exact) mass is 211 g/mol. The zero-order valence-corrected chi connectivity index (χ0v) is 10.3. The van der Waals surface area contributed by atoms with Gasteiger partial charge < -0.3 is 10.1 Å². The van der Waals surface area contributed by atoms with E-state index in [0.29, 0.717) is 0 Å². The molecule has 1 saturated heterocycles. The third kappa shape index (κ3) is 2.94. The summed E-state index contributed by atoms with van der Waals surface area (Å²) in [6.45, 7) is 6.48. The van der Waals surface area contributed by atoms with Gasteiger partial charge in [0.1, 0.15) is 0 Å². The minimum absolute atomic E-state index is 0.0252. The molecule has 1 heterocycles. The Labute approximate surface area is 93.8 Å². The Morgan fingerprint density at radius 2 is 1.47 bits per heavy atom. The van der Waals surface area contributed by atoms with Crippen molar-refractivity contribution in [2.75, 3.05) is 13.1 Å². The summed E-state index contributed by atoms with van der Waals surface area (Å²) in [5.74, 6) is 0. The van der Waals surface area contributed by atoms with Gasteiger partial charge in [-0.15, -0.1) is 0 Å². The van der Waals surface area contributed by atoms with E-state index < -0.39 is 0 Å². The molecule has 2 nitrogen and oxygen atoms in total. The van der Waals surface area contributed by atoms with Crippen LogP contribution in [0.5, 0.6) is 0 Å². The minimum atomic E-state index is 0.0252. The number of rotatable bonds is 0. The van der Waals surface area contributed by atoms with Crippen LogP contribution in [0.4, 0.5) is 0 Å². The molecule has 1 aliphatic carbocycles. The van der Waals surface area contributed by atoms with E-state index in [1.165, 1.54) is 44.9 Å². The van der Waals surface area contributed by atoms with Gasteiger partial charge in [0.15, 0.2) is 0 Å². The highest BCUT2D eigenvalue weighted by atomic mass is 16.5. The standard InChI is InChI=1S/C13H25NO/c1-12(2)10-14-11-13(15-12)8-6-4-3-5-7-9-13/h14H,3-11H2,1-2H3. The van der Waals surface area contributed by atoms with Gasteiger partial charge in [-0.3, -0.25) is 0 Å². The Hall–Kier alpha value is -0.0800. The van der Waals surface area contributed by atoms with Crippen molar-refractivity contribution < 1.29 is 4.74 Å². The van der Waals surface area contributed by atoms with Crippen molar-refractivity contribution >= 4 is 0 Å². The molecule has 2 heteroatoms. The summed E-state index contributed by atoms with van der Waals surface area (Å²) >= 11 is 0. The first-order chi connectivity index (χ1) is 7.12. The second-order valence-corrected chi connectivity index (χ2v) is 5.92. The molecule has 0 atom stereocenters. The molecule has 0 aromatic rings. The molecule has 1 aliphatic heterocycles. The van der Waals surface area contributed by atoms with Crippen LogP contribution in [0.2, 0.25) is 0 Å². The quantitative estimate of drug-likeness (QED) is 0.665. The molecule has 0 unspecified atom stereocenters. The molecular weight excluding hydrogens is 186 g/mol. The molecule has 0 bridgehead atoms. The van der Waals surface area contributed by atoms with Crippen molar-refractivity contribution in [1.82, 2.24) is 5.32 Å². The van der Waals surface area contributed by atoms with E-state index in [2.05, 4.69) is 19.2 Å². The van der Waals surface area contributed by atoms with Gasteiger partial charge in [0.05, 0.1) is 11.2 Å². The van der Waals surface area contributed by atoms with E-state index in [1.807, 2.05) is 0 Å². The number of hydrogen-bond acceptors (Lipinski definition) is 2. The molecule has 0 aromatic carbocycles. The Balaban J connectivity index is 2.01. The van der Waals surface area contributed by atoms with Crippen molar-refractivity contribution in [2.24, 2.45) is 0 Å². The van der Waals surface area contributed by atoms with Crippen LogP contribution in [0.25, 0.3) is 0 Å². The molecule has 2 rings (SSSR count). The molecule has 0 radical (unpaired) electrons. The predicted molar refractivity (Wildman–Crippen MR) is 63.1 cm³/mol. The van der Waals surface area contributed by atoms with Crippen molar-refractivity contribution in [3.63, 3.8) is 0 Å². The lowest BCUT2D eigenvalue weighted by Crippen LogP contribution is -2.58. The third-order valence-corrected chi connectivity index (χ3v) is 3.76. The molecule has 0 aromatic heterocycles. The number of ether oxygens (including phenoxy) is 1. The summed E-state index contributed by atoms with van der Waals surface area (Å²) in [4.78, 5) is 0. The van der Waals surface area contributed by atoms with Gasteiger partial charge >= 0.3 is 0 Å². The summed E-state index contributed by atoms with van der Waals surface area (Å²) in [5, 5.41) is 3.56. The molecule has 1 saturated carbocycles. The average molecular weight is 211 g/mol. The molecule has 1 spiro atoms. The fraction of sp³-hybridized carbons (Fsp3) is 1.00. The van der Waals surface area contributed by atoms with Crippen molar-refractivity contribution in [3.05, 3.63) is 0 Å². The van der Waals surface area contributed by atoms with Crippen LogP contribution in [0.3, 0.4) is 0 Å². The molecule has 15 heavy (non-hydrogen) atoms. The molecule has 1 N–H and O–H groups in total. The average Bonchev–Trinajstić information content (AvgIpc) is 2.11. The zero-order chi connectivity index (χ0) is 10.8. The van der Waals surface area contributed by atoms with Crippen LogP contribution >= 0.6 is 0 Å². The van der Waals surface area contributed by atoms with E-state index in [0.717, 1.165) is 13.1 Å². The molecular formula is C13H25NO. The Kier molecular flexibility index (Phi) is 3.36. The maximum Gasteiger partial charge on any atom is 0.0814 e. The van der Waals surface area contributed by atoms with Crippen LogP contribution in [-0.2, 0) is 4.74 Å². The molecule has 2 fully saturated rings. The lowest BCUT2D eigenvalue weighted by Gasteiger charge is -2.47. The van der Waals surface area contributed by atoms with Crippen LogP contribution in [0.15, 0.2) is 0 Å². The summed E-state index contributed by atoms with van der Waals surface area (Å²) < 4.78 is 6.38. The van der Waals surface area contributed by atoms with Crippen LogP contribution in [0.1, 0.15) is 58.8 Å². The summed E-state index contributed by atoms with van der Waals surface area (Å²) in [5.41, 5.74) is 0.180. The second-order valence-electron chi connectivity index (χ2n) is 5.92. The van der Waals surface area contributed by atoms with E-state index >= 15 is 0 Å². The van der Waals surface area contributed by atoms with Crippen molar-refractivity contribution in [1.29, 1.82) is 0 Å². The maximum atomic E-state index is 6.38. The summed E-state index contributed by atoms with van der Waals surface area (Å²) in [6, 6.07) is 0. The highest BCUT2D eigenvalue weighted by Crippen LogP contribution is 2.35.